The average Bonchev–Trinajstić information content (AvgIpc) is 3.10. The summed E-state index contributed by atoms with van der Waals surface area (Å²) in [6.45, 7) is 1.42. The zero-order valence-corrected chi connectivity index (χ0v) is 18.3. The van der Waals surface area contributed by atoms with E-state index in [0.717, 1.165) is 24.2 Å². The summed E-state index contributed by atoms with van der Waals surface area (Å²) in [5, 5.41) is 0. The molecule has 0 radical (unpaired) electrons. The van der Waals surface area contributed by atoms with Crippen LogP contribution in [0.25, 0.3) is 5.57 Å². The molecule has 0 spiro atoms. The van der Waals surface area contributed by atoms with Crippen LogP contribution in [0.2, 0.25) is 0 Å². The van der Waals surface area contributed by atoms with Crippen molar-refractivity contribution in [3.63, 3.8) is 0 Å². The van der Waals surface area contributed by atoms with Crippen LogP contribution in [0.4, 0.5) is 10.1 Å². The normalized spacial score (nSPS) is 17.2. The second-order valence-electron chi connectivity index (χ2n) is 8.64. The molecule has 3 aromatic carbocycles. The number of halogens is 1. The Labute approximate surface area is 193 Å². The Bertz CT molecular complexity index is 1200. The van der Waals surface area contributed by atoms with Crippen molar-refractivity contribution in [2.75, 3.05) is 18.0 Å². The molecule has 0 saturated carbocycles. The molecule has 2 heterocycles. The van der Waals surface area contributed by atoms with Gasteiger partial charge in [-0.15, -0.1) is 0 Å². The predicted octanol–water partition coefficient (Wildman–Crippen LogP) is 5.06. The third-order valence-electron chi connectivity index (χ3n) is 6.49. The molecular formula is C28H25FN2O2. The summed E-state index contributed by atoms with van der Waals surface area (Å²) in [6.07, 6.45) is 2.91. The second-order valence-corrected chi connectivity index (χ2v) is 8.64. The third-order valence-corrected chi connectivity index (χ3v) is 6.49. The van der Waals surface area contributed by atoms with Crippen LogP contribution in [0.15, 0.2) is 90.6 Å². The van der Waals surface area contributed by atoms with Crippen molar-refractivity contribution in [1.29, 1.82) is 0 Å². The summed E-state index contributed by atoms with van der Waals surface area (Å²) in [5.41, 5.74) is 3.10. The largest absolute Gasteiger partial charge is 0.366 e. The molecule has 166 valence electrons. The first-order valence-electron chi connectivity index (χ1n) is 11.3. The van der Waals surface area contributed by atoms with Gasteiger partial charge in [0, 0.05) is 13.1 Å². The third kappa shape index (κ3) is 4.19. The molecule has 2 amide bonds. The van der Waals surface area contributed by atoms with Gasteiger partial charge in [-0.3, -0.25) is 9.59 Å². The number of rotatable bonds is 5. The predicted molar refractivity (Wildman–Crippen MR) is 127 cm³/mol. The molecule has 33 heavy (non-hydrogen) atoms. The minimum Gasteiger partial charge on any atom is -0.366 e. The Morgan fingerprint density at radius 2 is 1.45 bits per heavy atom. The number of amides is 2. The zero-order chi connectivity index (χ0) is 22.8. The van der Waals surface area contributed by atoms with Gasteiger partial charge in [0.05, 0.1) is 11.3 Å². The van der Waals surface area contributed by atoms with Gasteiger partial charge < -0.3 is 4.90 Å². The maximum Gasteiger partial charge on any atom is 0.282 e. The maximum atomic E-state index is 13.9. The summed E-state index contributed by atoms with van der Waals surface area (Å²) in [4.78, 5) is 30.2. The molecule has 1 saturated heterocycles. The highest BCUT2D eigenvalue weighted by atomic mass is 19.1. The quantitative estimate of drug-likeness (QED) is 0.521. The Morgan fingerprint density at radius 1 is 0.788 bits per heavy atom. The fourth-order valence-corrected chi connectivity index (χ4v) is 4.83. The number of imide groups is 1. The van der Waals surface area contributed by atoms with Gasteiger partial charge in [0.15, 0.2) is 0 Å². The lowest BCUT2D eigenvalue weighted by Gasteiger charge is -2.34. The number of nitrogens with zero attached hydrogens (tertiary/aromatic N) is 2. The molecule has 1 fully saturated rings. The number of piperidine rings is 1. The van der Waals surface area contributed by atoms with Gasteiger partial charge in [0.1, 0.15) is 11.5 Å². The lowest BCUT2D eigenvalue weighted by molar-refractivity contribution is -0.120. The molecule has 2 aliphatic heterocycles. The van der Waals surface area contributed by atoms with Gasteiger partial charge in [-0.1, -0.05) is 66.7 Å². The second kappa shape index (κ2) is 9.02. The van der Waals surface area contributed by atoms with Crippen LogP contribution in [0.3, 0.4) is 0 Å². The van der Waals surface area contributed by atoms with Crippen LogP contribution in [0, 0.1) is 11.7 Å². The van der Waals surface area contributed by atoms with Gasteiger partial charge in [-0.25, -0.2) is 9.29 Å². The number of benzene rings is 3. The maximum absolute atomic E-state index is 13.9. The summed E-state index contributed by atoms with van der Waals surface area (Å²) in [6, 6.07) is 25.4. The van der Waals surface area contributed by atoms with Crippen LogP contribution in [-0.2, 0) is 16.0 Å². The van der Waals surface area contributed by atoms with Gasteiger partial charge in [-0.05, 0) is 54.5 Å². The zero-order valence-electron chi connectivity index (χ0n) is 18.3. The molecule has 5 heteroatoms. The standard InChI is InChI=1S/C28H25FN2O2/c29-23-12-7-13-24(19-23)31-27(32)25(22-10-5-2-6-11-22)26(28(31)33)30-16-14-21(15-17-30)18-20-8-3-1-4-9-20/h1-13,19,21H,14-18H2. The first-order chi connectivity index (χ1) is 16.1. The van der Waals surface area contributed by atoms with Gasteiger partial charge in [0.25, 0.3) is 11.8 Å². The number of carbonyl (C=O) groups is 2. The Morgan fingerprint density at radius 3 is 2.12 bits per heavy atom. The van der Waals surface area contributed by atoms with E-state index >= 15 is 0 Å². The van der Waals surface area contributed by atoms with E-state index in [0.29, 0.717) is 35.8 Å². The van der Waals surface area contributed by atoms with Crippen molar-refractivity contribution >= 4 is 23.1 Å². The Kier molecular flexibility index (Phi) is 5.78. The molecule has 3 aromatic rings. The lowest BCUT2D eigenvalue weighted by atomic mass is 9.89. The smallest absolute Gasteiger partial charge is 0.282 e. The van der Waals surface area contributed by atoms with Crippen molar-refractivity contribution in [2.45, 2.75) is 19.3 Å². The first kappa shape index (κ1) is 21.1. The summed E-state index contributed by atoms with van der Waals surface area (Å²) < 4.78 is 13.9. The molecule has 0 bridgehead atoms. The topological polar surface area (TPSA) is 40.6 Å². The molecular weight excluding hydrogens is 415 g/mol. The molecule has 0 aromatic heterocycles. The van der Waals surface area contributed by atoms with E-state index in [-0.39, 0.29) is 11.6 Å². The van der Waals surface area contributed by atoms with Crippen molar-refractivity contribution in [1.82, 2.24) is 4.90 Å². The summed E-state index contributed by atoms with van der Waals surface area (Å²) >= 11 is 0. The highest BCUT2D eigenvalue weighted by Crippen LogP contribution is 2.36. The number of hydrogen-bond acceptors (Lipinski definition) is 3. The van der Waals surface area contributed by atoms with Crippen LogP contribution in [-0.4, -0.2) is 29.8 Å². The average molecular weight is 441 g/mol. The minimum atomic E-state index is -0.482. The van der Waals surface area contributed by atoms with E-state index in [9.17, 15) is 14.0 Å². The fraction of sp³-hybridized carbons (Fsp3) is 0.214. The van der Waals surface area contributed by atoms with Gasteiger partial charge in [0.2, 0.25) is 0 Å². The van der Waals surface area contributed by atoms with E-state index in [1.54, 1.807) is 6.07 Å². The van der Waals surface area contributed by atoms with Gasteiger partial charge in [-0.2, -0.15) is 0 Å². The van der Waals surface area contributed by atoms with Crippen molar-refractivity contribution < 1.29 is 14.0 Å². The van der Waals surface area contributed by atoms with E-state index in [1.807, 2.05) is 41.3 Å². The van der Waals surface area contributed by atoms with Crippen molar-refractivity contribution in [3.05, 3.63) is 108 Å². The Balaban J connectivity index is 1.44. The fourth-order valence-electron chi connectivity index (χ4n) is 4.83. The van der Waals surface area contributed by atoms with Crippen LogP contribution in [0.5, 0.6) is 0 Å². The molecule has 4 nitrogen and oxygen atoms in total. The summed E-state index contributed by atoms with van der Waals surface area (Å²) in [5.74, 6) is -0.732. The molecule has 0 atom stereocenters. The van der Waals surface area contributed by atoms with Crippen molar-refractivity contribution in [3.8, 4) is 0 Å². The van der Waals surface area contributed by atoms with E-state index in [2.05, 4.69) is 24.3 Å². The number of anilines is 1. The number of likely N-dealkylation sites (tertiary alicyclic amines) is 1. The monoisotopic (exact) mass is 440 g/mol. The highest BCUT2D eigenvalue weighted by Gasteiger charge is 2.43. The van der Waals surface area contributed by atoms with Crippen LogP contribution < -0.4 is 4.90 Å². The summed E-state index contributed by atoms with van der Waals surface area (Å²) in [7, 11) is 0. The first-order valence-corrected chi connectivity index (χ1v) is 11.3. The Hall–Kier alpha value is -3.73. The van der Waals surface area contributed by atoms with Crippen LogP contribution in [0.1, 0.15) is 24.0 Å². The lowest BCUT2D eigenvalue weighted by Crippen LogP contribution is -2.39. The van der Waals surface area contributed by atoms with E-state index in [1.165, 1.54) is 23.8 Å². The van der Waals surface area contributed by atoms with E-state index in [4.69, 9.17) is 0 Å². The molecule has 5 rings (SSSR count). The highest BCUT2D eigenvalue weighted by molar-refractivity contribution is 6.45. The molecule has 0 aliphatic carbocycles. The van der Waals surface area contributed by atoms with Crippen LogP contribution >= 0.6 is 0 Å². The SMILES string of the molecule is O=C1C(c2ccccc2)=C(N2CCC(Cc3ccccc3)CC2)C(=O)N1c1cccc(F)c1. The molecule has 0 unspecified atom stereocenters. The number of hydrogen-bond donors (Lipinski definition) is 0. The number of carbonyl (C=O) groups excluding carboxylic acids is 2. The molecule has 2 aliphatic rings. The van der Waals surface area contributed by atoms with E-state index < -0.39 is 11.7 Å². The minimum absolute atomic E-state index is 0.257. The van der Waals surface area contributed by atoms with Crippen molar-refractivity contribution in [2.24, 2.45) is 5.92 Å². The van der Waals surface area contributed by atoms with Gasteiger partial charge >= 0.3 is 0 Å². The molecule has 0 N–H and O–H groups in total.